The number of hydrogen-bond donors (Lipinski definition) is 2. The van der Waals surface area contributed by atoms with Crippen LogP contribution in [-0.2, 0) is 14.3 Å². The van der Waals surface area contributed by atoms with Gasteiger partial charge in [-0.15, -0.1) is 0 Å². The lowest BCUT2D eigenvalue weighted by Gasteiger charge is -2.27. The van der Waals surface area contributed by atoms with E-state index < -0.39 is 43.3 Å². The first-order valence-electron chi connectivity index (χ1n) is 12.9. The van der Waals surface area contributed by atoms with Gasteiger partial charge in [0.1, 0.15) is 6.33 Å². The molecule has 220 valence electrons. The first-order valence-corrected chi connectivity index (χ1v) is 12.9. The lowest BCUT2D eigenvalue weighted by Crippen LogP contribution is -2.49. The molecule has 5 rings (SSSR count). The Hall–Kier alpha value is -4.28. The zero-order chi connectivity index (χ0) is 29.1. The number of hydrogen-bond acceptors (Lipinski definition) is 9. The molecule has 2 N–H and O–H groups in total. The number of halogens is 4. The van der Waals surface area contributed by atoms with Crippen LogP contribution in [0, 0.1) is 0 Å². The van der Waals surface area contributed by atoms with Crippen molar-refractivity contribution in [1.82, 2.24) is 39.5 Å². The quantitative estimate of drug-likeness (QED) is 0.301. The van der Waals surface area contributed by atoms with E-state index in [0.717, 1.165) is 12.3 Å². The highest BCUT2D eigenvalue weighted by Crippen LogP contribution is 2.29. The topological polar surface area (TPSA) is 135 Å². The van der Waals surface area contributed by atoms with Gasteiger partial charge in [-0.2, -0.15) is 23.8 Å². The molecule has 0 radical (unpaired) electrons. The van der Waals surface area contributed by atoms with Crippen LogP contribution in [0.4, 0.5) is 29.3 Å². The van der Waals surface area contributed by atoms with Gasteiger partial charge in [-0.3, -0.25) is 14.2 Å². The molecule has 17 heteroatoms. The van der Waals surface area contributed by atoms with Gasteiger partial charge in [0, 0.05) is 32.6 Å². The molecule has 0 aliphatic carbocycles. The number of fused-ring (bicyclic) bond motifs is 1. The SMILES string of the molecule is C=CC(=O)N1CCC(NC(=O)CNc2nc(N3CCOCC3)nc3c2ncn3-c2cnn(C(F)F)c2)C(F)(F)CC1. The number of ether oxygens (including phenoxy) is 1. The van der Waals surface area contributed by atoms with Crippen molar-refractivity contribution < 1.29 is 31.9 Å². The zero-order valence-electron chi connectivity index (χ0n) is 21.8. The second-order valence-corrected chi connectivity index (χ2v) is 9.52. The minimum atomic E-state index is -3.22. The molecule has 1 atom stereocenters. The van der Waals surface area contributed by atoms with E-state index in [2.05, 4.69) is 37.3 Å². The molecule has 2 saturated heterocycles. The Balaban J connectivity index is 1.36. The van der Waals surface area contributed by atoms with Gasteiger partial charge in [-0.25, -0.2) is 18.4 Å². The molecule has 3 aromatic heterocycles. The van der Waals surface area contributed by atoms with E-state index >= 15 is 0 Å². The molecule has 0 aromatic carbocycles. The van der Waals surface area contributed by atoms with E-state index in [1.807, 2.05) is 4.90 Å². The largest absolute Gasteiger partial charge is 0.378 e. The van der Waals surface area contributed by atoms with Crippen LogP contribution in [0.5, 0.6) is 0 Å². The smallest absolute Gasteiger partial charge is 0.333 e. The molecule has 0 bridgehead atoms. The van der Waals surface area contributed by atoms with E-state index in [1.54, 1.807) is 0 Å². The van der Waals surface area contributed by atoms with Crippen molar-refractivity contribution in [3.8, 4) is 5.69 Å². The number of nitrogens with one attached hydrogen (secondary N) is 2. The summed E-state index contributed by atoms with van der Waals surface area (Å²) in [5.41, 5.74) is 0.779. The Morgan fingerprint density at radius 2 is 1.98 bits per heavy atom. The number of rotatable bonds is 8. The first kappa shape index (κ1) is 28.3. The van der Waals surface area contributed by atoms with Gasteiger partial charge < -0.3 is 25.2 Å². The molecule has 2 aliphatic rings. The lowest BCUT2D eigenvalue weighted by atomic mass is 10.1. The number of morpholine rings is 1. The van der Waals surface area contributed by atoms with E-state index in [1.165, 1.54) is 22.0 Å². The van der Waals surface area contributed by atoms with E-state index in [4.69, 9.17) is 4.74 Å². The number of carbonyl (C=O) groups excluding carboxylic acids is 2. The van der Waals surface area contributed by atoms with Gasteiger partial charge in [0.25, 0.3) is 5.92 Å². The number of aromatic nitrogens is 6. The number of nitrogens with zero attached hydrogens (tertiary/aromatic N) is 8. The lowest BCUT2D eigenvalue weighted by molar-refractivity contribution is -0.126. The number of likely N-dealkylation sites (tertiary alicyclic amines) is 1. The van der Waals surface area contributed by atoms with Gasteiger partial charge >= 0.3 is 6.55 Å². The summed E-state index contributed by atoms with van der Waals surface area (Å²) in [6, 6.07) is -1.47. The van der Waals surface area contributed by atoms with Crippen LogP contribution >= 0.6 is 0 Å². The highest BCUT2D eigenvalue weighted by Gasteiger charge is 2.43. The molecule has 2 fully saturated rings. The van der Waals surface area contributed by atoms with Crippen LogP contribution in [0.15, 0.2) is 31.4 Å². The molecule has 0 spiro atoms. The normalized spacial score (nSPS) is 19.3. The fraction of sp³-hybridized carbons (Fsp3) is 0.500. The molecular formula is C24H28F4N10O3. The Morgan fingerprint density at radius 3 is 2.68 bits per heavy atom. The maximum Gasteiger partial charge on any atom is 0.333 e. The zero-order valence-corrected chi connectivity index (χ0v) is 21.8. The van der Waals surface area contributed by atoms with Crippen LogP contribution < -0.4 is 15.5 Å². The third-order valence-corrected chi connectivity index (χ3v) is 6.89. The van der Waals surface area contributed by atoms with Gasteiger partial charge in [-0.05, 0) is 12.5 Å². The van der Waals surface area contributed by atoms with Crippen molar-refractivity contribution in [2.45, 2.75) is 31.4 Å². The predicted molar refractivity (Wildman–Crippen MR) is 138 cm³/mol. The highest BCUT2D eigenvalue weighted by molar-refractivity contribution is 5.89. The van der Waals surface area contributed by atoms with E-state index in [0.29, 0.717) is 31.0 Å². The summed E-state index contributed by atoms with van der Waals surface area (Å²) in [6.45, 7) is 1.92. The number of alkyl halides is 4. The maximum absolute atomic E-state index is 14.8. The van der Waals surface area contributed by atoms with E-state index in [9.17, 15) is 27.2 Å². The second kappa shape index (κ2) is 11.7. The Labute approximate surface area is 231 Å². The highest BCUT2D eigenvalue weighted by atomic mass is 19.3. The molecule has 13 nitrogen and oxygen atoms in total. The maximum atomic E-state index is 14.8. The molecule has 1 unspecified atom stereocenters. The average Bonchev–Trinajstić information content (AvgIpc) is 3.59. The van der Waals surface area contributed by atoms with Crippen molar-refractivity contribution >= 4 is 34.7 Å². The minimum Gasteiger partial charge on any atom is -0.378 e. The summed E-state index contributed by atoms with van der Waals surface area (Å²) < 4.78 is 63.1. The molecule has 41 heavy (non-hydrogen) atoms. The van der Waals surface area contributed by atoms with Crippen LogP contribution in [-0.4, -0.2) is 104 Å². The molecule has 2 amide bonds. The predicted octanol–water partition coefficient (Wildman–Crippen LogP) is 1.58. The number of amides is 2. The van der Waals surface area contributed by atoms with Gasteiger partial charge in [0.05, 0.1) is 43.9 Å². The van der Waals surface area contributed by atoms with Gasteiger partial charge in [-0.1, -0.05) is 6.58 Å². The molecule has 0 saturated carbocycles. The summed E-state index contributed by atoms with van der Waals surface area (Å²) in [5.74, 6) is -3.94. The van der Waals surface area contributed by atoms with Crippen molar-refractivity contribution in [3.63, 3.8) is 0 Å². The molecule has 3 aromatic rings. The Morgan fingerprint density at radius 1 is 1.20 bits per heavy atom. The molecular weight excluding hydrogens is 552 g/mol. The molecule has 5 heterocycles. The van der Waals surface area contributed by atoms with Gasteiger partial charge in [0.2, 0.25) is 17.8 Å². The fourth-order valence-corrected chi connectivity index (χ4v) is 4.67. The van der Waals surface area contributed by atoms with Crippen molar-refractivity contribution in [3.05, 3.63) is 31.4 Å². The van der Waals surface area contributed by atoms with Crippen LogP contribution in [0.1, 0.15) is 19.4 Å². The first-order chi connectivity index (χ1) is 19.7. The average molecular weight is 581 g/mol. The monoisotopic (exact) mass is 580 g/mol. The van der Waals surface area contributed by atoms with Crippen molar-refractivity contribution in [2.75, 3.05) is 56.2 Å². The Bertz CT molecular complexity index is 1420. The third-order valence-electron chi connectivity index (χ3n) is 6.89. The number of anilines is 2. The van der Waals surface area contributed by atoms with Crippen LogP contribution in [0.25, 0.3) is 16.9 Å². The summed E-state index contributed by atoms with van der Waals surface area (Å²) in [4.78, 5) is 41.2. The van der Waals surface area contributed by atoms with Crippen molar-refractivity contribution in [2.24, 2.45) is 0 Å². The summed E-state index contributed by atoms with van der Waals surface area (Å²) >= 11 is 0. The summed E-state index contributed by atoms with van der Waals surface area (Å²) in [5, 5.41) is 8.89. The molecule has 2 aliphatic heterocycles. The fourth-order valence-electron chi connectivity index (χ4n) is 4.67. The summed E-state index contributed by atoms with van der Waals surface area (Å²) in [7, 11) is 0. The second-order valence-electron chi connectivity index (χ2n) is 9.52. The Kier molecular flexibility index (Phi) is 8.05. The van der Waals surface area contributed by atoms with Crippen molar-refractivity contribution in [1.29, 1.82) is 0 Å². The number of imidazole rings is 1. The summed E-state index contributed by atoms with van der Waals surface area (Å²) in [6.07, 6.45) is 4.08. The third kappa shape index (κ3) is 6.08. The van der Waals surface area contributed by atoms with Crippen LogP contribution in [0.2, 0.25) is 0 Å². The standard InChI is InChI=1S/C24H28F4N10O3/c1-2-18(40)35-5-3-16(24(27,28)4-6-35)32-17(39)12-29-20-19-21(34-23(33-20)36-7-9-41-10-8-36)37(14-30-19)15-11-31-38(13-15)22(25)26/h2,11,13-14,16,22H,1,3-10,12H2,(H,32,39)(H,29,33,34). The number of carbonyl (C=O) groups is 2. The minimum absolute atomic E-state index is 0.0494. The van der Waals surface area contributed by atoms with Gasteiger partial charge in [0.15, 0.2) is 17.0 Å². The van der Waals surface area contributed by atoms with Crippen LogP contribution in [0.3, 0.4) is 0 Å². The van der Waals surface area contributed by atoms with E-state index in [-0.39, 0.29) is 48.1 Å².